The third-order valence-corrected chi connectivity index (χ3v) is 5.64. The first-order chi connectivity index (χ1) is 12.1. The van der Waals surface area contributed by atoms with Crippen molar-refractivity contribution in [2.24, 2.45) is 0 Å². The van der Waals surface area contributed by atoms with E-state index in [4.69, 9.17) is 0 Å². The van der Waals surface area contributed by atoms with Crippen molar-refractivity contribution in [1.82, 2.24) is 10.6 Å². The van der Waals surface area contributed by atoms with E-state index in [0.717, 1.165) is 18.4 Å². The maximum Gasteiger partial charge on any atom is 0.251 e. The minimum atomic E-state index is -0.0899. The van der Waals surface area contributed by atoms with Crippen molar-refractivity contribution in [1.29, 1.82) is 0 Å². The molecule has 0 saturated carbocycles. The van der Waals surface area contributed by atoms with Crippen LogP contribution in [0.5, 0.6) is 0 Å². The summed E-state index contributed by atoms with van der Waals surface area (Å²) in [6.07, 6.45) is 1.55. The molecule has 1 unspecified atom stereocenters. The summed E-state index contributed by atoms with van der Waals surface area (Å²) in [5, 5.41) is 5.60. The van der Waals surface area contributed by atoms with E-state index in [1.807, 2.05) is 24.3 Å². The topological polar surface area (TPSA) is 58.2 Å². The van der Waals surface area contributed by atoms with E-state index in [1.54, 1.807) is 18.8 Å². The second-order valence-corrected chi connectivity index (χ2v) is 7.48. The maximum absolute atomic E-state index is 12.4. The van der Waals surface area contributed by atoms with Gasteiger partial charge in [-0.05, 0) is 49.1 Å². The molecule has 3 rings (SSSR count). The summed E-state index contributed by atoms with van der Waals surface area (Å²) < 4.78 is 0. The Bertz CT molecular complexity index is 787. The lowest BCUT2D eigenvalue weighted by atomic mass is 10.1. The first-order valence-corrected chi connectivity index (χ1v) is 9.29. The molecule has 0 radical (unpaired) electrons. The first kappa shape index (κ1) is 17.5. The zero-order valence-electron chi connectivity index (χ0n) is 14.5. The number of amides is 2. The standard InChI is InChI=1S/C20H22N2O2S/c1-13-3-6-16-12-18(25-17(16)11-13)20(24)22-10-9-14-4-7-15(8-5-14)19(23)21-2/h3-8,11,18H,9-10,12H2,1-2H3,(H,21,23)(H,22,24). The van der Waals surface area contributed by atoms with Gasteiger partial charge in [-0.2, -0.15) is 0 Å². The summed E-state index contributed by atoms with van der Waals surface area (Å²) in [6.45, 7) is 2.67. The van der Waals surface area contributed by atoms with Crippen LogP contribution in [-0.2, 0) is 17.6 Å². The van der Waals surface area contributed by atoms with Crippen molar-refractivity contribution in [2.45, 2.75) is 29.9 Å². The molecule has 1 aliphatic heterocycles. The molecule has 0 bridgehead atoms. The Hall–Kier alpha value is -2.27. The summed E-state index contributed by atoms with van der Waals surface area (Å²) >= 11 is 1.66. The number of fused-ring (bicyclic) bond motifs is 1. The number of nitrogens with one attached hydrogen (secondary N) is 2. The van der Waals surface area contributed by atoms with Crippen molar-refractivity contribution in [3.05, 3.63) is 64.7 Å². The Kier molecular flexibility index (Phi) is 5.43. The molecule has 1 atom stereocenters. The van der Waals surface area contributed by atoms with Crippen LogP contribution in [0.2, 0.25) is 0 Å². The van der Waals surface area contributed by atoms with Gasteiger partial charge in [0.25, 0.3) is 5.91 Å². The van der Waals surface area contributed by atoms with Crippen LogP contribution < -0.4 is 10.6 Å². The highest BCUT2D eigenvalue weighted by atomic mass is 32.2. The molecule has 1 heterocycles. The van der Waals surface area contributed by atoms with Gasteiger partial charge in [0.2, 0.25) is 5.91 Å². The Balaban J connectivity index is 1.48. The average molecular weight is 354 g/mol. The van der Waals surface area contributed by atoms with E-state index >= 15 is 0 Å². The van der Waals surface area contributed by atoms with Gasteiger partial charge < -0.3 is 10.6 Å². The molecular formula is C20H22N2O2S. The van der Waals surface area contributed by atoms with Gasteiger partial charge in [-0.25, -0.2) is 0 Å². The van der Waals surface area contributed by atoms with Crippen LogP contribution in [0.3, 0.4) is 0 Å². The molecule has 0 saturated heterocycles. The van der Waals surface area contributed by atoms with E-state index < -0.39 is 0 Å². The molecule has 5 heteroatoms. The van der Waals surface area contributed by atoms with Gasteiger partial charge in [0.1, 0.15) is 0 Å². The van der Waals surface area contributed by atoms with Crippen LogP contribution in [0.15, 0.2) is 47.4 Å². The summed E-state index contributed by atoms with van der Waals surface area (Å²) in [5.74, 6) is 0.00810. The maximum atomic E-state index is 12.4. The zero-order valence-corrected chi connectivity index (χ0v) is 15.3. The van der Waals surface area contributed by atoms with E-state index in [0.29, 0.717) is 12.1 Å². The fourth-order valence-electron chi connectivity index (χ4n) is 2.89. The lowest BCUT2D eigenvalue weighted by Gasteiger charge is -2.10. The Labute approximate surface area is 152 Å². The molecule has 1 aliphatic rings. The summed E-state index contributed by atoms with van der Waals surface area (Å²) in [5.41, 5.74) is 4.24. The number of rotatable bonds is 5. The Morgan fingerprint density at radius 3 is 2.64 bits per heavy atom. The number of thioether (sulfide) groups is 1. The second-order valence-electron chi connectivity index (χ2n) is 6.24. The van der Waals surface area contributed by atoms with Gasteiger partial charge in [-0.1, -0.05) is 29.8 Å². The smallest absolute Gasteiger partial charge is 0.251 e. The number of carbonyl (C=O) groups excluding carboxylic acids is 2. The molecule has 0 aliphatic carbocycles. The molecule has 130 valence electrons. The van der Waals surface area contributed by atoms with Gasteiger partial charge in [0, 0.05) is 24.1 Å². The third kappa shape index (κ3) is 4.23. The van der Waals surface area contributed by atoms with Gasteiger partial charge in [-0.3, -0.25) is 9.59 Å². The van der Waals surface area contributed by atoms with Crippen LogP contribution in [-0.4, -0.2) is 30.7 Å². The van der Waals surface area contributed by atoms with Gasteiger partial charge in [0.05, 0.1) is 5.25 Å². The fraction of sp³-hybridized carbons (Fsp3) is 0.300. The third-order valence-electron chi connectivity index (χ3n) is 4.35. The van der Waals surface area contributed by atoms with Crippen molar-refractivity contribution in [2.75, 3.05) is 13.6 Å². The molecule has 2 aromatic carbocycles. The first-order valence-electron chi connectivity index (χ1n) is 8.42. The van der Waals surface area contributed by atoms with Crippen LogP contribution >= 0.6 is 11.8 Å². The number of hydrogen-bond donors (Lipinski definition) is 2. The minimum Gasteiger partial charge on any atom is -0.355 e. The summed E-state index contributed by atoms with van der Waals surface area (Å²) in [6, 6.07) is 13.9. The van der Waals surface area contributed by atoms with E-state index in [1.165, 1.54) is 16.0 Å². The Morgan fingerprint density at radius 1 is 1.16 bits per heavy atom. The summed E-state index contributed by atoms with van der Waals surface area (Å²) in [7, 11) is 1.62. The highest BCUT2D eigenvalue weighted by molar-refractivity contribution is 8.01. The van der Waals surface area contributed by atoms with Crippen LogP contribution in [0, 0.1) is 6.92 Å². The largest absolute Gasteiger partial charge is 0.355 e. The predicted octanol–water partition coefficient (Wildman–Crippen LogP) is 2.73. The van der Waals surface area contributed by atoms with E-state index in [-0.39, 0.29) is 17.1 Å². The number of aryl methyl sites for hydroxylation is 1. The number of benzene rings is 2. The molecule has 0 aromatic heterocycles. The highest BCUT2D eigenvalue weighted by Crippen LogP contribution is 2.37. The predicted molar refractivity (Wildman–Crippen MR) is 101 cm³/mol. The SMILES string of the molecule is CNC(=O)c1ccc(CCNC(=O)C2Cc3ccc(C)cc3S2)cc1. The van der Waals surface area contributed by atoms with Crippen molar-refractivity contribution < 1.29 is 9.59 Å². The van der Waals surface area contributed by atoms with Gasteiger partial charge >= 0.3 is 0 Å². The van der Waals surface area contributed by atoms with Gasteiger partial charge in [-0.15, -0.1) is 11.8 Å². The molecule has 4 nitrogen and oxygen atoms in total. The monoisotopic (exact) mass is 354 g/mol. The zero-order chi connectivity index (χ0) is 17.8. The molecule has 25 heavy (non-hydrogen) atoms. The lowest BCUT2D eigenvalue weighted by Crippen LogP contribution is -2.33. The van der Waals surface area contributed by atoms with Crippen molar-refractivity contribution in [3.63, 3.8) is 0 Å². The van der Waals surface area contributed by atoms with Crippen LogP contribution in [0.25, 0.3) is 0 Å². The van der Waals surface area contributed by atoms with Crippen molar-refractivity contribution in [3.8, 4) is 0 Å². The molecular weight excluding hydrogens is 332 g/mol. The normalized spacial score (nSPS) is 15.5. The van der Waals surface area contributed by atoms with E-state index in [9.17, 15) is 9.59 Å². The number of carbonyl (C=O) groups is 2. The Morgan fingerprint density at radius 2 is 1.92 bits per heavy atom. The minimum absolute atomic E-state index is 0.0348. The molecule has 0 spiro atoms. The fourth-order valence-corrected chi connectivity index (χ4v) is 4.21. The van der Waals surface area contributed by atoms with Gasteiger partial charge in [0.15, 0.2) is 0 Å². The van der Waals surface area contributed by atoms with Crippen LogP contribution in [0.4, 0.5) is 0 Å². The second kappa shape index (κ2) is 7.74. The van der Waals surface area contributed by atoms with E-state index in [2.05, 4.69) is 35.8 Å². The summed E-state index contributed by atoms with van der Waals surface area (Å²) in [4.78, 5) is 25.1. The molecule has 2 N–H and O–H groups in total. The number of hydrogen-bond acceptors (Lipinski definition) is 3. The molecule has 2 aromatic rings. The molecule has 0 fully saturated rings. The lowest BCUT2D eigenvalue weighted by molar-refractivity contribution is -0.120. The van der Waals surface area contributed by atoms with Crippen LogP contribution in [0.1, 0.15) is 27.0 Å². The highest BCUT2D eigenvalue weighted by Gasteiger charge is 2.27. The van der Waals surface area contributed by atoms with Crippen molar-refractivity contribution >= 4 is 23.6 Å². The molecule has 2 amide bonds. The quantitative estimate of drug-likeness (QED) is 0.868. The average Bonchev–Trinajstić information content (AvgIpc) is 3.04.